The quantitative estimate of drug-likeness (QED) is 0.356. The molecule has 0 aromatic heterocycles. The summed E-state index contributed by atoms with van der Waals surface area (Å²) in [5, 5.41) is 11.7. The van der Waals surface area contributed by atoms with Crippen LogP contribution in [-0.2, 0) is 0 Å². The molecular formula is C12H18N2O3. The fourth-order valence-electron chi connectivity index (χ4n) is 1.29. The Hall–Kier alpha value is -1.91. The first-order chi connectivity index (χ1) is 8.12. The van der Waals surface area contributed by atoms with Gasteiger partial charge in [-0.1, -0.05) is 12.1 Å². The van der Waals surface area contributed by atoms with Gasteiger partial charge in [-0.15, -0.1) is 0 Å². The van der Waals surface area contributed by atoms with Crippen LogP contribution < -0.4 is 15.2 Å². The van der Waals surface area contributed by atoms with Crippen molar-refractivity contribution in [2.24, 2.45) is 10.9 Å². The summed E-state index contributed by atoms with van der Waals surface area (Å²) in [5.41, 5.74) is 6.13. The van der Waals surface area contributed by atoms with E-state index >= 15 is 0 Å². The molecular weight excluding hydrogens is 220 g/mol. The van der Waals surface area contributed by atoms with Gasteiger partial charge in [0.25, 0.3) is 0 Å². The van der Waals surface area contributed by atoms with E-state index in [2.05, 4.69) is 5.16 Å². The second kappa shape index (κ2) is 5.98. The van der Waals surface area contributed by atoms with Gasteiger partial charge in [0.2, 0.25) is 0 Å². The number of hydrogen-bond donors (Lipinski definition) is 2. The number of nitrogens with zero attached hydrogens (tertiary/aromatic N) is 1. The summed E-state index contributed by atoms with van der Waals surface area (Å²) in [6.45, 7) is 3.98. The van der Waals surface area contributed by atoms with Gasteiger partial charge in [-0.05, 0) is 25.5 Å². The molecule has 0 spiro atoms. The van der Waals surface area contributed by atoms with E-state index < -0.39 is 0 Å². The van der Waals surface area contributed by atoms with Crippen molar-refractivity contribution >= 4 is 5.84 Å². The van der Waals surface area contributed by atoms with Crippen LogP contribution in [0.25, 0.3) is 0 Å². The third-order valence-corrected chi connectivity index (χ3v) is 2.48. The summed E-state index contributed by atoms with van der Waals surface area (Å²) < 4.78 is 10.8. The van der Waals surface area contributed by atoms with Crippen molar-refractivity contribution in [3.05, 3.63) is 23.8 Å². The number of amidine groups is 1. The van der Waals surface area contributed by atoms with Crippen LogP contribution in [0.15, 0.2) is 23.4 Å². The Bertz CT molecular complexity index is 405. The van der Waals surface area contributed by atoms with Crippen molar-refractivity contribution in [1.29, 1.82) is 0 Å². The van der Waals surface area contributed by atoms with E-state index in [1.165, 1.54) is 0 Å². The molecule has 0 amide bonds. The Morgan fingerprint density at radius 1 is 1.53 bits per heavy atom. The zero-order valence-corrected chi connectivity index (χ0v) is 10.3. The highest BCUT2D eigenvalue weighted by atomic mass is 16.5. The van der Waals surface area contributed by atoms with Gasteiger partial charge in [0.05, 0.1) is 18.8 Å². The van der Waals surface area contributed by atoms with Crippen molar-refractivity contribution in [1.82, 2.24) is 0 Å². The Morgan fingerprint density at radius 3 is 2.76 bits per heavy atom. The minimum absolute atomic E-state index is 0.0194. The van der Waals surface area contributed by atoms with Crippen LogP contribution in [0.3, 0.4) is 0 Å². The highest BCUT2D eigenvalue weighted by molar-refractivity contribution is 5.99. The monoisotopic (exact) mass is 238 g/mol. The molecule has 1 atom stereocenters. The van der Waals surface area contributed by atoms with E-state index in [1.807, 2.05) is 13.8 Å². The number of methoxy groups -OCH3 is 1. The minimum atomic E-state index is 0.0194. The van der Waals surface area contributed by atoms with Crippen LogP contribution in [0.4, 0.5) is 0 Å². The first-order valence-corrected chi connectivity index (χ1v) is 5.45. The van der Waals surface area contributed by atoms with E-state index in [9.17, 15) is 0 Å². The molecule has 1 unspecified atom stereocenters. The maximum Gasteiger partial charge on any atom is 0.173 e. The van der Waals surface area contributed by atoms with Crippen LogP contribution in [0, 0.1) is 0 Å². The Labute approximate surface area is 101 Å². The van der Waals surface area contributed by atoms with Crippen molar-refractivity contribution in [2.75, 3.05) is 7.11 Å². The van der Waals surface area contributed by atoms with Crippen LogP contribution in [0.5, 0.6) is 11.5 Å². The number of hydrogen-bond acceptors (Lipinski definition) is 4. The van der Waals surface area contributed by atoms with Crippen molar-refractivity contribution < 1.29 is 14.7 Å². The molecule has 0 radical (unpaired) electrons. The van der Waals surface area contributed by atoms with Gasteiger partial charge in [0.1, 0.15) is 11.5 Å². The Kier molecular flexibility index (Phi) is 4.63. The van der Waals surface area contributed by atoms with Crippen molar-refractivity contribution in [3.63, 3.8) is 0 Å². The molecule has 1 aromatic carbocycles. The van der Waals surface area contributed by atoms with E-state index in [-0.39, 0.29) is 11.9 Å². The summed E-state index contributed by atoms with van der Waals surface area (Å²) in [5.74, 6) is 1.23. The first-order valence-electron chi connectivity index (χ1n) is 5.45. The first kappa shape index (κ1) is 13.2. The van der Waals surface area contributed by atoms with Crippen LogP contribution in [0.1, 0.15) is 25.8 Å². The highest BCUT2D eigenvalue weighted by Crippen LogP contribution is 2.26. The fraction of sp³-hybridized carbons (Fsp3) is 0.417. The summed E-state index contributed by atoms with van der Waals surface area (Å²) >= 11 is 0. The lowest BCUT2D eigenvalue weighted by Crippen LogP contribution is -2.18. The molecule has 5 heteroatoms. The number of ether oxygens (including phenoxy) is 2. The predicted molar refractivity (Wildman–Crippen MR) is 65.9 cm³/mol. The SMILES string of the molecule is CCC(C)Oc1cc(OC)ccc1/C(N)=N/O. The molecule has 0 saturated carbocycles. The van der Waals surface area contributed by atoms with E-state index in [4.69, 9.17) is 20.4 Å². The Balaban J connectivity index is 3.11. The van der Waals surface area contributed by atoms with Gasteiger partial charge in [0.15, 0.2) is 5.84 Å². The molecule has 3 N–H and O–H groups in total. The summed E-state index contributed by atoms with van der Waals surface area (Å²) in [6.07, 6.45) is 0.916. The van der Waals surface area contributed by atoms with E-state index in [0.29, 0.717) is 17.1 Å². The summed E-state index contributed by atoms with van der Waals surface area (Å²) in [6, 6.07) is 5.15. The fourth-order valence-corrected chi connectivity index (χ4v) is 1.29. The topological polar surface area (TPSA) is 77.1 Å². The van der Waals surface area contributed by atoms with Crippen molar-refractivity contribution in [3.8, 4) is 11.5 Å². The van der Waals surface area contributed by atoms with Crippen LogP contribution in [0.2, 0.25) is 0 Å². The predicted octanol–water partition coefficient (Wildman–Crippen LogP) is 1.97. The molecule has 1 aromatic rings. The standard InChI is InChI=1S/C12H18N2O3/c1-4-8(2)17-11-7-9(16-3)5-6-10(11)12(13)14-15/h5-8,15H,4H2,1-3H3,(H2,13,14). The summed E-state index contributed by atoms with van der Waals surface area (Å²) in [4.78, 5) is 0. The number of rotatable bonds is 5. The van der Waals surface area contributed by atoms with Crippen LogP contribution in [-0.4, -0.2) is 24.3 Å². The largest absolute Gasteiger partial charge is 0.497 e. The second-order valence-electron chi connectivity index (χ2n) is 3.68. The van der Waals surface area contributed by atoms with Gasteiger partial charge in [0, 0.05) is 6.07 Å². The third kappa shape index (κ3) is 3.27. The molecule has 0 fully saturated rings. The number of oxime groups is 1. The average Bonchev–Trinajstić information content (AvgIpc) is 2.37. The van der Waals surface area contributed by atoms with Crippen LogP contribution >= 0.6 is 0 Å². The smallest absolute Gasteiger partial charge is 0.173 e. The third-order valence-electron chi connectivity index (χ3n) is 2.48. The van der Waals surface area contributed by atoms with Crippen molar-refractivity contribution in [2.45, 2.75) is 26.4 Å². The molecule has 94 valence electrons. The zero-order valence-electron chi connectivity index (χ0n) is 10.3. The Morgan fingerprint density at radius 2 is 2.24 bits per heavy atom. The molecule has 0 aliphatic carbocycles. The lowest BCUT2D eigenvalue weighted by Gasteiger charge is -2.16. The molecule has 17 heavy (non-hydrogen) atoms. The minimum Gasteiger partial charge on any atom is -0.497 e. The molecule has 0 saturated heterocycles. The normalized spacial score (nSPS) is 13.2. The van der Waals surface area contributed by atoms with E-state index in [0.717, 1.165) is 6.42 Å². The lowest BCUT2D eigenvalue weighted by molar-refractivity contribution is 0.216. The average molecular weight is 238 g/mol. The molecule has 0 bridgehead atoms. The van der Waals surface area contributed by atoms with Gasteiger partial charge in [-0.2, -0.15) is 0 Å². The van der Waals surface area contributed by atoms with E-state index in [1.54, 1.807) is 25.3 Å². The van der Waals surface area contributed by atoms with Gasteiger partial charge < -0.3 is 20.4 Å². The van der Waals surface area contributed by atoms with Gasteiger partial charge in [-0.25, -0.2) is 0 Å². The maximum atomic E-state index is 8.71. The summed E-state index contributed by atoms with van der Waals surface area (Å²) in [7, 11) is 1.57. The lowest BCUT2D eigenvalue weighted by atomic mass is 10.1. The molecule has 5 nitrogen and oxygen atoms in total. The van der Waals surface area contributed by atoms with Gasteiger partial charge >= 0.3 is 0 Å². The molecule has 0 aliphatic heterocycles. The molecule has 1 rings (SSSR count). The highest BCUT2D eigenvalue weighted by Gasteiger charge is 2.12. The second-order valence-corrected chi connectivity index (χ2v) is 3.68. The maximum absolute atomic E-state index is 8.71. The van der Waals surface area contributed by atoms with Gasteiger partial charge in [-0.3, -0.25) is 0 Å². The molecule has 0 heterocycles. The molecule has 0 aliphatic rings. The number of nitrogens with two attached hydrogens (primary N) is 1. The number of benzene rings is 1. The zero-order chi connectivity index (χ0) is 12.8.